The van der Waals surface area contributed by atoms with Crippen LogP contribution < -0.4 is 5.73 Å². The van der Waals surface area contributed by atoms with E-state index in [-0.39, 0.29) is 6.61 Å². The average molecular weight is 304 g/mol. The van der Waals surface area contributed by atoms with Gasteiger partial charge >= 0.3 is 0 Å². The number of aryl methyl sites for hydroxylation is 2. The Morgan fingerprint density at radius 1 is 1.33 bits per heavy atom. The average Bonchev–Trinajstić information content (AvgIpc) is 2.96. The Morgan fingerprint density at radius 3 is 2.90 bits per heavy atom. The number of thiophene rings is 1. The molecule has 0 bridgehead atoms. The van der Waals surface area contributed by atoms with Gasteiger partial charge in [0.05, 0.1) is 11.1 Å². The molecular formula is C13H16N6OS. The molecule has 0 unspecified atom stereocenters. The molecule has 0 radical (unpaired) electrons. The fourth-order valence-electron chi connectivity index (χ4n) is 2.19. The van der Waals surface area contributed by atoms with E-state index in [0.717, 1.165) is 21.5 Å². The maximum atomic E-state index is 8.88. The molecule has 7 nitrogen and oxygen atoms in total. The number of nitrogens with two attached hydrogens (primary N) is 1. The van der Waals surface area contributed by atoms with E-state index in [9.17, 15) is 0 Å². The van der Waals surface area contributed by atoms with Crippen LogP contribution in [-0.4, -0.2) is 36.7 Å². The van der Waals surface area contributed by atoms with Crippen molar-refractivity contribution in [3.63, 3.8) is 0 Å². The topological polar surface area (TPSA) is 103 Å². The Kier molecular flexibility index (Phi) is 3.56. The van der Waals surface area contributed by atoms with Crippen LogP contribution in [0, 0.1) is 13.8 Å². The lowest BCUT2D eigenvalue weighted by Crippen LogP contribution is -2.07. The largest absolute Gasteiger partial charge is 0.396 e. The van der Waals surface area contributed by atoms with Gasteiger partial charge in [-0.25, -0.2) is 14.6 Å². The van der Waals surface area contributed by atoms with Gasteiger partial charge in [0, 0.05) is 24.1 Å². The third kappa shape index (κ3) is 2.59. The van der Waals surface area contributed by atoms with E-state index in [1.165, 1.54) is 4.88 Å². The van der Waals surface area contributed by atoms with Crippen LogP contribution in [0.4, 0.5) is 5.82 Å². The number of nitrogen functional groups attached to an aromatic ring is 1. The number of anilines is 1. The van der Waals surface area contributed by atoms with Crippen LogP contribution in [0.1, 0.15) is 22.0 Å². The van der Waals surface area contributed by atoms with Crippen molar-refractivity contribution in [1.29, 1.82) is 0 Å². The van der Waals surface area contributed by atoms with Gasteiger partial charge in [-0.1, -0.05) is 5.21 Å². The first-order valence-electron chi connectivity index (χ1n) is 6.60. The minimum absolute atomic E-state index is 0.0574. The van der Waals surface area contributed by atoms with Gasteiger partial charge in [-0.05, 0) is 19.4 Å². The second-order valence-electron chi connectivity index (χ2n) is 4.87. The predicted molar refractivity (Wildman–Crippen MR) is 81.2 cm³/mol. The molecule has 0 aliphatic carbocycles. The summed E-state index contributed by atoms with van der Waals surface area (Å²) in [5, 5.41) is 17.8. The molecular weight excluding hydrogens is 288 g/mol. The summed E-state index contributed by atoms with van der Waals surface area (Å²) in [6.45, 7) is 4.56. The number of aliphatic hydroxyl groups excluding tert-OH is 1. The molecule has 0 saturated heterocycles. The molecule has 3 heterocycles. The summed E-state index contributed by atoms with van der Waals surface area (Å²) < 4.78 is 1.65. The van der Waals surface area contributed by atoms with E-state index < -0.39 is 0 Å². The molecule has 0 aliphatic rings. The summed E-state index contributed by atoms with van der Waals surface area (Å²) in [5.74, 6) is 1.12. The van der Waals surface area contributed by atoms with Gasteiger partial charge in [-0.3, -0.25) is 0 Å². The number of rotatable bonds is 4. The van der Waals surface area contributed by atoms with Crippen LogP contribution in [0.2, 0.25) is 0 Å². The van der Waals surface area contributed by atoms with Crippen molar-refractivity contribution >= 4 is 27.4 Å². The van der Waals surface area contributed by atoms with Crippen molar-refractivity contribution in [3.05, 3.63) is 28.2 Å². The van der Waals surface area contributed by atoms with Gasteiger partial charge in [-0.2, -0.15) is 0 Å². The van der Waals surface area contributed by atoms with Crippen LogP contribution in [0.15, 0.2) is 6.20 Å². The lowest BCUT2D eigenvalue weighted by atomic mass is 10.2. The Bertz CT molecular complexity index is 793. The quantitative estimate of drug-likeness (QED) is 0.747. The van der Waals surface area contributed by atoms with Gasteiger partial charge in [0.25, 0.3) is 0 Å². The predicted octanol–water partition coefficient (Wildman–Crippen LogP) is 1.06. The number of hydrogen-bond donors (Lipinski definition) is 2. The maximum absolute atomic E-state index is 8.88. The van der Waals surface area contributed by atoms with E-state index in [0.29, 0.717) is 24.6 Å². The summed E-state index contributed by atoms with van der Waals surface area (Å²) in [6, 6.07) is 0. The van der Waals surface area contributed by atoms with Crippen molar-refractivity contribution in [2.24, 2.45) is 0 Å². The monoisotopic (exact) mass is 304 g/mol. The van der Waals surface area contributed by atoms with Crippen molar-refractivity contribution in [1.82, 2.24) is 25.0 Å². The van der Waals surface area contributed by atoms with Gasteiger partial charge in [-0.15, -0.1) is 16.4 Å². The molecule has 110 valence electrons. The second kappa shape index (κ2) is 5.38. The summed E-state index contributed by atoms with van der Waals surface area (Å²) in [6.07, 6.45) is 2.27. The second-order valence-corrected chi connectivity index (χ2v) is 6.07. The Balaban J connectivity index is 1.93. The van der Waals surface area contributed by atoms with E-state index in [2.05, 4.69) is 27.2 Å². The Morgan fingerprint density at radius 2 is 2.14 bits per heavy atom. The minimum Gasteiger partial charge on any atom is -0.396 e. The molecule has 8 heteroatoms. The highest BCUT2D eigenvalue weighted by molar-refractivity contribution is 7.18. The molecule has 0 amide bonds. The molecule has 21 heavy (non-hydrogen) atoms. The summed E-state index contributed by atoms with van der Waals surface area (Å²) >= 11 is 1.62. The molecule has 0 aromatic carbocycles. The first kappa shape index (κ1) is 13.9. The number of hydrogen-bond acceptors (Lipinski definition) is 7. The van der Waals surface area contributed by atoms with E-state index >= 15 is 0 Å². The van der Waals surface area contributed by atoms with Crippen LogP contribution in [0.25, 0.3) is 10.2 Å². The highest BCUT2D eigenvalue weighted by atomic mass is 32.1. The zero-order valence-electron chi connectivity index (χ0n) is 11.9. The summed E-state index contributed by atoms with van der Waals surface area (Å²) in [5.41, 5.74) is 7.94. The Hall–Kier alpha value is -2.06. The number of fused-ring (bicyclic) bond motifs is 1. The molecule has 0 aliphatic heterocycles. The minimum atomic E-state index is 0.0574. The molecule has 0 atom stereocenters. The lowest BCUT2D eigenvalue weighted by Gasteiger charge is -2.03. The number of nitrogens with zero attached hydrogens (tertiary/aromatic N) is 5. The van der Waals surface area contributed by atoms with Gasteiger partial charge in [0.15, 0.2) is 5.82 Å². The molecule has 3 rings (SSSR count). The highest BCUT2D eigenvalue weighted by Crippen LogP contribution is 2.31. The molecule has 0 saturated carbocycles. The SMILES string of the molecule is Cc1sc2nc(Cn3cc(CCO)nn3)nc(N)c2c1C. The molecule has 3 aromatic rings. The molecule has 3 N–H and O–H groups in total. The first-order valence-corrected chi connectivity index (χ1v) is 7.42. The van der Waals surface area contributed by atoms with Crippen molar-refractivity contribution in [2.45, 2.75) is 26.8 Å². The highest BCUT2D eigenvalue weighted by Gasteiger charge is 2.13. The van der Waals surface area contributed by atoms with E-state index in [1.54, 1.807) is 22.2 Å². The standard InChI is InChI=1S/C13H16N6OS/c1-7-8(2)21-13-11(7)12(14)15-10(16-13)6-19-5-9(3-4-20)17-18-19/h5,20H,3-4,6H2,1-2H3,(H2,14,15,16). The lowest BCUT2D eigenvalue weighted by molar-refractivity contribution is 0.298. The van der Waals surface area contributed by atoms with Crippen LogP contribution in [0.3, 0.4) is 0 Å². The first-order chi connectivity index (χ1) is 10.1. The number of aliphatic hydroxyl groups is 1. The summed E-state index contributed by atoms with van der Waals surface area (Å²) in [7, 11) is 0. The zero-order chi connectivity index (χ0) is 15.0. The summed E-state index contributed by atoms with van der Waals surface area (Å²) in [4.78, 5) is 11.0. The van der Waals surface area contributed by atoms with Crippen LogP contribution in [0.5, 0.6) is 0 Å². The molecule has 0 spiro atoms. The molecule has 0 fully saturated rings. The van der Waals surface area contributed by atoms with E-state index in [4.69, 9.17) is 10.8 Å². The third-order valence-corrected chi connectivity index (χ3v) is 4.46. The van der Waals surface area contributed by atoms with Crippen LogP contribution in [-0.2, 0) is 13.0 Å². The van der Waals surface area contributed by atoms with Gasteiger partial charge < -0.3 is 10.8 Å². The number of aromatic nitrogens is 5. The van der Waals surface area contributed by atoms with Gasteiger partial charge in [0.1, 0.15) is 17.2 Å². The molecule has 3 aromatic heterocycles. The zero-order valence-corrected chi connectivity index (χ0v) is 12.7. The normalized spacial score (nSPS) is 11.4. The van der Waals surface area contributed by atoms with Crippen molar-refractivity contribution in [3.8, 4) is 0 Å². The van der Waals surface area contributed by atoms with Gasteiger partial charge in [0.2, 0.25) is 0 Å². The fraction of sp³-hybridized carbons (Fsp3) is 0.385. The third-order valence-electron chi connectivity index (χ3n) is 3.36. The smallest absolute Gasteiger partial charge is 0.153 e. The fourth-order valence-corrected chi connectivity index (χ4v) is 3.24. The van der Waals surface area contributed by atoms with Crippen molar-refractivity contribution < 1.29 is 5.11 Å². The maximum Gasteiger partial charge on any atom is 0.153 e. The van der Waals surface area contributed by atoms with Crippen molar-refractivity contribution in [2.75, 3.05) is 12.3 Å². The van der Waals surface area contributed by atoms with E-state index in [1.807, 2.05) is 6.92 Å². The Labute approximate surface area is 125 Å². The van der Waals surface area contributed by atoms with Crippen LogP contribution >= 0.6 is 11.3 Å².